The van der Waals surface area contributed by atoms with Crippen molar-refractivity contribution in [3.05, 3.63) is 47.2 Å². The smallest absolute Gasteiger partial charge is 0.337 e. The fourth-order valence-corrected chi connectivity index (χ4v) is 2.79. The van der Waals surface area contributed by atoms with Crippen LogP contribution in [0, 0.1) is 11.3 Å². The summed E-state index contributed by atoms with van der Waals surface area (Å²) < 4.78 is 4.69. The van der Waals surface area contributed by atoms with Gasteiger partial charge in [-0.1, -0.05) is 44.2 Å². The second-order valence-electron chi connectivity index (χ2n) is 5.94. The number of aliphatic hydroxyl groups excluding tert-OH is 1. The quantitative estimate of drug-likeness (QED) is 0.527. The predicted molar refractivity (Wildman–Crippen MR) is 79.3 cm³/mol. The molecule has 5 heteroatoms. The maximum Gasteiger partial charge on any atom is 0.337 e. The molecule has 1 aromatic rings. The van der Waals surface area contributed by atoms with E-state index in [0.29, 0.717) is 5.56 Å². The van der Waals surface area contributed by atoms with E-state index in [-0.39, 0.29) is 12.0 Å². The monoisotopic (exact) mass is 302 g/mol. The van der Waals surface area contributed by atoms with Gasteiger partial charge in [-0.05, 0) is 0 Å². The van der Waals surface area contributed by atoms with Gasteiger partial charge in [0.2, 0.25) is 0 Å². The van der Waals surface area contributed by atoms with Gasteiger partial charge in [0.1, 0.15) is 11.7 Å². The van der Waals surface area contributed by atoms with Gasteiger partial charge in [-0.25, -0.2) is 4.79 Å². The lowest BCUT2D eigenvalue weighted by Gasteiger charge is -2.33. The predicted octanol–water partition coefficient (Wildman–Crippen LogP) is 2.47. The molecule has 0 saturated carbocycles. The molecule has 1 unspecified atom stereocenters. The number of hydrogen-bond donors (Lipinski definition) is 1. The lowest BCUT2D eigenvalue weighted by atomic mass is 9.69. The van der Waals surface area contributed by atoms with Crippen LogP contribution < -0.4 is 0 Å². The van der Waals surface area contributed by atoms with Crippen LogP contribution in [0.25, 0.3) is 0 Å². The lowest BCUT2D eigenvalue weighted by Crippen LogP contribution is -2.40. The van der Waals surface area contributed by atoms with Crippen LogP contribution in [0.4, 0.5) is 0 Å². The molecule has 22 heavy (non-hydrogen) atoms. The first-order valence-corrected chi connectivity index (χ1v) is 6.93. The van der Waals surface area contributed by atoms with Gasteiger partial charge in [0.15, 0.2) is 11.6 Å². The van der Waals surface area contributed by atoms with Crippen LogP contribution in [0.1, 0.15) is 30.6 Å². The van der Waals surface area contributed by atoms with Crippen LogP contribution in [0.15, 0.2) is 41.7 Å². The number of allylic oxidation sites excluding steroid dienone is 1. The number of ketones is 2. The third-order valence-electron chi connectivity index (χ3n) is 3.85. The molecule has 1 aromatic carbocycles. The second-order valence-corrected chi connectivity index (χ2v) is 5.94. The molecule has 5 nitrogen and oxygen atoms in total. The molecule has 0 amide bonds. The van der Waals surface area contributed by atoms with Crippen LogP contribution in [-0.2, 0) is 14.3 Å². The van der Waals surface area contributed by atoms with E-state index in [9.17, 15) is 19.5 Å². The molecule has 0 spiro atoms. The molecular weight excluding hydrogens is 284 g/mol. The summed E-state index contributed by atoms with van der Waals surface area (Å²) in [5.74, 6) is -3.48. The van der Waals surface area contributed by atoms with Crippen molar-refractivity contribution in [1.29, 1.82) is 0 Å². The van der Waals surface area contributed by atoms with Crippen molar-refractivity contribution in [3.8, 4) is 0 Å². The molecule has 0 fully saturated rings. The Morgan fingerprint density at radius 1 is 1.23 bits per heavy atom. The fourth-order valence-electron chi connectivity index (χ4n) is 2.79. The summed E-state index contributed by atoms with van der Waals surface area (Å²) in [5, 5.41) is 10.4. The fraction of sp³-hybridized carbons (Fsp3) is 0.353. The summed E-state index contributed by atoms with van der Waals surface area (Å²) >= 11 is 0. The highest BCUT2D eigenvalue weighted by atomic mass is 16.5. The Kier molecular flexibility index (Phi) is 4.17. The average Bonchev–Trinajstić information content (AvgIpc) is 2.46. The maximum absolute atomic E-state index is 12.5. The van der Waals surface area contributed by atoms with E-state index >= 15 is 0 Å². The highest BCUT2D eigenvalue weighted by Crippen LogP contribution is 2.41. The number of carbonyl (C=O) groups excluding carboxylic acids is 3. The first kappa shape index (κ1) is 15.9. The first-order chi connectivity index (χ1) is 10.3. The SMILES string of the molecule is COC(=O)C1=C(O)C(C(=O)c2ccccc2)C(=O)CC1(C)C. The summed E-state index contributed by atoms with van der Waals surface area (Å²) in [7, 11) is 1.20. The molecule has 0 radical (unpaired) electrons. The highest BCUT2D eigenvalue weighted by Gasteiger charge is 2.47. The topological polar surface area (TPSA) is 80.7 Å². The molecule has 0 aromatic heterocycles. The number of aliphatic hydroxyl groups is 1. The van der Waals surface area contributed by atoms with Crippen LogP contribution in [0.5, 0.6) is 0 Å². The summed E-state index contributed by atoms with van der Waals surface area (Å²) in [4.78, 5) is 36.8. The van der Waals surface area contributed by atoms with Crippen molar-refractivity contribution in [2.75, 3.05) is 7.11 Å². The van der Waals surface area contributed by atoms with E-state index in [1.807, 2.05) is 0 Å². The van der Waals surface area contributed by atoms with Crippen LogP contribution in [-0.4, -0.2) is 29.8 Å². The molecule has 0 aliphatic heterocycles. The number of hydrogen-bond acceptors (Lipinski definition) is 5. The van der Waals surface area contributed by atoms with E-state index in [1.54, 1.807) is 44.2 Å². The lowest BCUT2D eigenvalue weighted by molar-refractivity contribution is -0.138. The van der Waals surface area contributed by atoms with E-state index in [0.717, 1.165) is 0 Å². The normalized spacial score (nSPS) is 20.7. The van der Waals surface area contributed by atoms with Gasteiger partial charge in [-0.3, -0.25) is 9.59 Å². The Morgan fingerprint density at radius 2 is 1.82 bits per heavy atom. The molecule has 1 N–H and O–H groups in total. The van der Waals surface area contributed by atoms with Crippen molar-refractivity contribution >= 4 is 17.5 Å². The number of Topliss-reactive ketones (excluding diaryl/α,β-unsaturated/α-hetero) is 2. The minimum absolute atomic E-state index is 0.00919. The largest absolute Gasteiger partial charge is 0.510 e. The zero-order valence-electron chi connectivity index (χ0n) is 12.8. The van der Waals surface area contributed by atoms with Gasteiger partial charge in [0.05, 0.1) is 12.7 Å². The van der Waals surface area contributed by atoms with Gasteiger partial charge in [0, 0.05) is 17.4 Å². The number of carbonyl (C=O) groups is 3. The molecule has 0 bridgehead atoms. The third-order valence-corrected chi connectivity index (χ3v) is 3.85. The Labute approximate surface area is 128 Å². The molecule has 0 heterocycles. The minimum atomic E-state index is -1.34. The zero-order chi connectivity index (χ0) is 16.5. The Morgan fingerprint density at radius 3 is 2.36 bits per heavy atom. The molecular formula is C17H18O5. The van der Waals surface area contributed by atoms with Gasteiger partial charge in [0.25, 0.3) is 0 Å². The van der Waals surface area contributed by atoms with Gasteiger partial charge in [-0.2, -0.15) is 0 Å². The number of ether oxygens (including phenoxy) is 1. The minimum Gasteiger partial charge on any atom is -0.510 e. The molecule has 1 aliphatic carbocycles. The highest BCUT2D eigenvalue weighted by molar-refractivity contribution is 6.15. The average molecular weight is 302 g/mol. The second kappa shape index (κ2) is 5.75. The first-order valence-electron chi connectivity index (χ1n) is 6.93. The van der Waals surface area contributed by atoms with Crippen LogP contribution in [0.3, 0.4) is 0 Å². The molecule has 116 valence electrons. The Bertz CT molecular complexity index is 655. The van der Waals surface area contributed by atoms with Crippen LogP contribution >= 0.6 is 0 Å². The van der Waals surface area contributed by atoms with Crippen molar-refractivity contribution in [2.45, 2.75) is 20.3 Å². The molecule has 0 saturated heterocycles. The van der Waals surface area contributed by atoms with E-state index < -0.39 is 34.6 Å². The number of rotatable bonds is 3. The molecule has 1 aliphatic rings. The summed E-state index contributed by atoms with van der Waals surface area (Å²) in [5.41, 5.74) is -0.568. The Balaban J connectivity index is 2.53. The number of esters is 1. The van der Waals surface area contributed by atoms with Crippen molar-refractivity contribution in [3.63, 3.8) is 0 Å². The van der Waals surface area contributed by atoms with Gasteiger partial charge in [-0.15, -0.1) is 0 Å². The third kappa shape index (κ3) is 2.66. The van der Waals surface area contributed by atoms with Crippen molar-refractivity contribution in [1.82, 2.24) is 0 Å². The number of benzene rings is 1. The van der Waals surface area contributed by atoms with E-state index in [2.05, 4.69) is 4.74 Å². The molecule has 2 rings (SSSR count). The van der Waals surface area contributed by atoms with Gasteiger partial charge < -0.3 is 9.84 Å². The standard InChI is InChI=1S/C17H18O5/c1-17(2)9-11(18)12(15(20)13(17)16(21)22-3)14(19)10-7-5-4-6-8-10/h4-8,12,20H,9H2,1-3H3. The summed E-state index contributed by atoms with van der Waals surface area (Å²) in [6, 6.07) is 8.23. The molecule has 1 atom stereocenters. The van der Waals surface area contributed by atoms with Gasteiger partial charge >= 0.3 is 5.97 Å². The number of methoxy groups -OCH3 is 1. The van der Waals surface area contributed by atoms with Crippen molar-refractivity contribution < 1.29 is 24.2 Å². The van der Waals surface area contributed by atoms with E-state index in [4.69, 9.17) is 0 Å². The Hall–Kier alpha value is -2.43. The van der Waals surface area contributed by atoms with Crippen LogP contribution in [0.2, 0.25) is 0 Å². The zero-order valence-corrected chi connectivity index (χ0v) is 12.8. The summed E-state index contributed by atoms with van der Waals surface area (Å²) in [6.07, 6.45) is -0.00919. The van der Waals surface area contributed by atoms with E-state index in [1.165, 1.54) is 7.11 Å². The summed E-state index contributed by atoms with van der Waals surface area (Å²) in [6.45, 7) is 3.33. The van der Waals surface area contributed by atoms with Crippen molar-refractivity contribution in [2.24, 2.45) is 11.3 Å². The maximum atomic E-state index is 12.5.